The molecule has 3 N–H and O–H groups in total. The molecule has 28 heavy (non-hydrogen) atoms. The second-order valence-electron chi connectivity index (χ2n) is 7.66. The number of nitrogens with one attached hydrogen (secondary N) is 1. The Kier molecular flexibility index (Phi) is 9.81. The van der Waals surface area contributed by atoms with E-state index in [4.69, 9.17) is 15.5 Å². The van der Waals surface area contributed by atoms with E-state index in [-0.39, 0.29) is 12.4 Å². The third kappa shape index (κ3) is 7.81. The van der Waals surface area contributed by atoms with Crippen molar-refractivity contribution in [1.29, 1.82) is 0 Å². The molecule has 0 radical (unpaired) electrons. The van der Waals surface area contributed by atoms with Gasteiger partial charge in [0.1, 0.15) is 17.8 Å². The number of fused-ring (bicyclic) bond motifs is 1. The van der Waals surface area contributed by atoms with Gasteiger partial charge in [-0.3, -0.25) is 4.79 Å². The topological polar surface area (TPSA) is 80.5 Å². The van der Waals surface area contributed by atoms with Crippen LogP contribution in [0.2, 0.25) is 0 Å². The summed E-state index contributed by atoms with van der Waals surface area (Å²) in [5, 5.41) is 3.37. The number of aryl methyl sites for hydroxylation is 2. The average Bonchev–Trinajstić information content (AvgIpc) is 2.68. The largest absolute Gasteiger partial charge is 0.382 e. The predicted octanol–water partition coefficient (Wildman–Crippen LogP) is 2.36. The van der Waals surface area contributed by atoms with E-state index in [1.54, 1.807) is 0 Å². The minimum atomic E-state index is -1.04. The Bertz CT molecular complexity index is 614. The van der Waals surface area contributed by atoms with Crippen molar-refractivity contribution in [2.45, 2.75) is 57.7 Å². The van der Waals surface area contributed by atoms with E-state index in [2.05, 4.69) is 17.4 Å². The summed E-state index contributed by atoms with van der Waals surface area (Å²) in [7, 11) is 1.50. The first-order chi connectivity index (χ1) is 13.5. The Morgan fingerprint density at radius 1 is 1.39 bits per heavy atom. The van der Waals surface area contributed by atoms with Crippen LogP contribution in [0, 0.1) is 0 Å². The molecule has 2 heterocycles. The van der Waals surface area contributed by atoms with Gasteiger partial charge in [0.25, 0.3) is 0 Å². The molecule has 6 nitrogen and oxygen atoms in total. The standard InChI is InChI=1S/C21H35FN4O2/c1-16(27)20(23)10-13-26(14-18(22)15-28-2)12-4-3-7-19-9-8-17-6-5-11-24-21(17)25-19/h8-9,18,20H,3-7,10-15,23H2,1-2H3,(H,24,25)/t18-,20-/m0/s1. The minimum absolute atomic E-state index is 0.0271. The summed E-state index contributed by atoms with van der Waals surface area (Å²) in [6, 6.07) is 3.82. The van der Waals surface area contributed by atoms with Crippen LogP contribution < -0.4 is 11.1 Å². The first-order valence-corrected chi connectivity index (χ1v) is 10.3. The number of Topliss-reactive ketones (excluding diaryl/α,β-unsaturated/α-hetero) is 1. The second-order valence-corrected chi connectivity index (χ2v) is 7.66. The summed E-state index contributed by atoms with van der Waals surface area (Å²) >= 11 is 0. The molecule has 1 aromatic heterocycles. The molecular formula is C21H35FN4O2. The van der Waals surface area contributed by atoms with Crippen molar-refractivity contribution in [3.8, 4) is 0 Å². The highest BCUT2D eigenvalue weighted by atomic mass is 19.1. The van der Waals surface area contributed by atoms with Crippen molar-refractivity contribution < 1.29 is 13.9 Å². The number of carbonyl (C=O) groups is 1. The highest BCUT2D eigenvalue weighted by molar-refractivity contribution is 5.81. The molecule has 0 aromatic carbocycles. The summed E-state index contributed by atoms with van der Waals surface area (Å²) in [5.74, 6) is 1.00. The average molecular weight is 395 g/mol. The van der Waals surface area contributed by atoms with Gasteiger partial charge in [-0.15, -0.1) is 0 Å². The van der Waals surface area contributed by atoms with Crippen LogP contribution in [0.4, 0.5) is 10.2 Å². The number of nitrogens with zero attached hydrogens (tertiary/aromatic N) is 2. The van der Waals surface area contributed by atoms with Crippen molar-refractivity contribution in [2.75, 3.05) is 45.2 Å². The van der Waals surface area contributed by atoms with Gasteiger partial charge in [0, 0.05) is 32.4 Å². The zero-order valence-electron chi connectivity index (χ0n) is 17.3. The van der Waals surface area contributed by atoms with Crippen LogP contribution in [0.15, 0.2) is 12.1 Å². The number of carbonyl (C=O) groups excluding carboxylic acids is 1. The van der Waals surface area contributed by atoms with Gasteiger partial charge >= 0.3 is 0 Å². The van der Waals surface area contributed by atoms with Crippen molar-refractivity contribution in [3.63, 3.8) is 0 Å². The Morgan fingerprint density at radius 3 is 2.96 bits per heavy atom. The van der Waals surface area contributed by atoms with Gasteiger partial charge in [-0.05, 0) is 63.6 Å². The molecule has 0 saturated carbocycles. The Hall–Kier alpha value is -1.57. The first-order valence-electron chi connectivity index (χ1n) is 10.3. The number of alkyl halides is 1. The summed E-state index contributed by atoms with van der Waals surface area (Å²) < 4.78 is 18.9. The molecule has 0 unspecified atom stereocenters. The summed E-state index contributed by atoms with van der Waals surface area (Å²) in [6.07, 6.45) is 4.62. The molecule has 0 spiro atoms. The van der Waals surface area contributed by atoms with Gasteiger partial charge in [0.2, 0.25) is 0 Å². The number of rotatable bonds is 13. The van der Waals surface area contributed by atoms with Crippen LogP contribution in [0.1, 0.15) is 43.9 Å². The summed E-state index contributed by atoms with van der Waals surface area (Å²) in [4.78, 5) is 18.1. The normalized spacial score (nSPS) is 15.8. The number of unbranched alkanes of at least 4 members (excludes halogenated alkanes) is 1. The minimum Gasteiger partial charge on any atom is -0.382 e. The second kappa shape index (κ2) is 12.1. The van der Waals surface area contributed by atoms with Gasteiger partial charge < -0.3 is 20.7 Å². The molecule has 0 fully saturated rings. The van der Waals surface area contributed by atoms with E-state index in [0.29, 0.717) is 19.5 Å². The lowest BCUT2D eigenvalue weighted by Crippen LogP contribution is -2.38. The number of halogens is 1. The van der Waals surface area contributed by atoms with Crippen LogP contribution in [-0.4, -0.2) is 67.8 Å². The zero-order chi connectivity index (χ0) is 20.4. The molecule has 2 rings (SSSR count). The van der Waals surface area contributed by atoms with Gasteiger partial charge in [-0.25, -0.2) is 9.37 Å². The third-order valence-corrected chi connectivity index (χ3v) is 5.19. The number of methoxy groups -OCH3 is 1. The highest BCUT2D eigenvalue weighted by Crippen LogP contribution is 2.20. The lowest BCUT2D eigenvalue weighted by molar-refractivity contribution is -0.118. The fourth-order valence-electron chi connectivity index (χ4n) is 3.48. The van der Waals surface area contributed by atoms with Crippen molar-refractivity contribution in [1.82, 2.24) is 9.88 Å². The van der Waals surface area contributed by atoms with Crippen LogP contribution in [-0.2, 0) is 22.4 Å². The van der Waals surface area contributed by atoms with Gasteiger partial charge in [0.05, 0.1) is 12.6 Å². The molecule has 1 aliphatic heterocycles. The molecule has 7 heteroatoms. The van der Waals surface area contributed by atoms with Gasteiger partial charge in [-0.1, -0.05) is 6.07 Å². The quantitative estimate of drug-likeness (QED) is 0.500. The van der Waals surface area contributed by atoms with Crippen LogP contribution in [0.25, 0.3) is 0 Å². The molecule has 0 bridgehead atoms. The van der Waals surface area contributed by atoms with Crippen LogP contribution in [0.5, 0.6) is 0 Å². The highest BCUT2D eigenvalue weighted by Gasteiger charge is 2.16. The number of hydrogen-bond acceptors (Lipinski definition) is 6. The number of aromatic nitrogens is 1. The maximum Gasteiger partial charge on any atom is 0.146 e. The summed E-state index contributed by atoms with van der Waals surface area (Å²) in [5.41, 5.74) is 8.23. The van der Waals surface area contributed by atoms with Crippen LogP contribution >= 0.6 is 0 Å². The Labute approximate surface area is 168 Å². The zero-order valence-corrected chi connectivity index (χ0v) is 17.3. The van der Waals surface area contributed by atoms with Crippen LogP contribution in [0.3, 0.4) is 0 Å². The molecule has 1 aliphatic rings. The number of hydrogen-bond donors (Lipinski definition) is 2. The third-order valence-electron chi connectivity index (χ3n) is 5.19. The molecule has 2 atom stereocenters. The Balaban J connectivity index is 1.78. The number of nitrogens with two attached hydrogens (primary N) is 1. The maximum atomic E-state index is 14.0. The molecule has 1 aromatic rings. The SMILES string of the molecule is COC[C@@H](F)CN(CCCCc1ccc2c(n1)NCCC2)CC[C@H](N)C(C)=O. The fourth-order valence-corrected chi connectivity index (χ4v) is 3.48. The van der Waals surface area contributed by atoms with Crippen molar-refractivity contribution >= 4 is 11.6 Å². The number of anilines is 1. The fraction of sp³-hybridized carbons (Fsp3) is 0.714. The number of ether oxygens (including phenoxy) is 1. The molecule has 0 amide bonds. The maximum absolute atomic E-state index is 14.0. The smallest absolute Gasteiger partial charge is 0.146 e. The number of pyridine rings is 1. The molecule has 0 saturated heterocycles. The molecule has 158 valence electrons. The van der Waals surface area contributed by atoms with Gasteiger partial charge in [-0.2, -0.15) is 0 Å². The molecular weight excluding hydrogens is 359 g/mol. The van der Waals surface area contributed by atoms with Crippen molar-refractivity contribution in [2.24, 2.45) is 5.73 Å². The summed E-state index contributed by atoms with van der Waals surface area (Å²) in [6.45, 7) is 4.27. The van der Waals surface area contributed by atoms with Gasteiger partial charge in [0.15, 0.2) is 0 Å². The van der Waals surface area contributed by atoms with E-state index >= 15 is 0 Å². The van der Waals surface area contributed by atoms with E-state index in [0.717, 1.165) is 56.7 Å². The predicted molar refractivity (Wildman–Crippen MR) is 110 cm³/mol. The first kappa shape index (κ1) is 22.7. The monoisotopic (exact) mass is 394 g/mol. The van der Waals surface area contributed by atoms with E-state index in [1.165, 1.54) is 19.6 Å². The van der Waals surface area contributed by atoms with Crippen molar-refractivity contribution in [3.05, 3.63) is 23.4 Å². The Morgan fingerprint density at radius 2 is 2.21 bits per heavy atom. The van der Waals surface area contributed by atoms with E-state index in [9.17, 15) is 9.18 Å². The number of ketones is 1. The van der Waals surface area contributed by atoms with E-state index in [1.807, 2.05) is 4.90 Å². The van der Waals surface area contributed by atoms with E-state index < -0.39 is 12.2 Å². The molecule has 0 aliphatic carbocycles. The lowest BCUT2D eigenvalue weighted by Gasteiger charge is -2.25. The lowest BCUT2D eigenvalue weighted by atomic mass is 10.1.